The largest absolute Gasteiger partial charge is 0.457 e. The Labute approximate surface area is 161 Å². The zero-order chi connectivity index (χ0) is 19.3. The molecule has 0 amide bonds. The summed E-state index contributed by atoms with van der Waals surface area (Å²) in [6, 6.07) is 20.0. The lowest BCUT2D eigenvalue weighted by atomic mass is 10.1. The van der Waals surface area contributed by atoms with Crippen LogP contribution in [0.1, 0.15) is 11.1 Å². The molecule has 0 fully saturated rings. The van der Waals surface area contributed by atoms with Gasteiger partial charge in [-0.3, -0.25) is 5.73 Å². The molecule has 0 aliphatic carbocycles. The second-order valence-electron chi connectivity index (χ2n) is 6.58. The van der Waals surface area contributed by atoms with E-state index < -0.39 is 0 Å². The fourth-order valence-electron chi connectivity index (χ4n) is 2.97. The van der Waals surface area contributed by atoms with Crippen LogP contribution in [0.3, 0.4) is 0 Å². The van der Waals surface area contributed by atoms with E-state index in [1.807, 2.05) is 48.5 Å². The first-order chi connectivity index (χ1) is 13.7. The van der Waals surface area contributed by atoms with Gasteiger partial charge in [0, 0.05) is 12.6 Å². The Kier molecular flexibility index (Phi) is 5.21. The molecule has 1 aromatic heterocycles. The minimum Gasteiger partial charge on any atom is -0.457 e. The van der Waals surface area contributed by atoms with Gasteiger partial charge in [0.1, 0.15) is 22.7 Å². The average Bonchev–Trinajstić information content (AvgIpc) is 3.08. The topological polar surface area (TPSA) is 74.6 Å². The van der Waals surface area contributed by atoms with E-state index in [1.54, 1.807) is 6.07 Å². The smallest absolute Gasteiger partial charge is 0.315 e. The molecule has 4 aromatic rings. The lowest BCUT2D eigenvalue weighted by Gasteiger charge is -2.08. The zero-order valence-electron chi connectivity index (χ0n) is 15.2. The molecule has 1 heterocycles. The van der Waals surface area contributed by atoms with Crippen LogP contribution in [0.15, 0.2) is 71.3 Å². The number of aromatic amines is 1. The number of H-pyrrole nitrogens is 1. The van der Waals surface area contributed by atoms with Gasteiger partial charge in [0.25, 0.3) is 0 Å². The average molecular weight is 378 g/mol. The molecule has 28 heavy (non-hydrogen) atoms. The van der Waals surface area contributed by atoms with Gasteiger partial charge < -0.3 is 14.6 Å². The highest BCUT2D eigenvalue weighted by molar-refractivity contribution is 5.86. The van der Waals surface area contributed by atoms with Crippen LogP contribution in [0.5, 0.6) is 11.5 Å². The molecule has 0 aliphatic rings. The van der Waals surface area contributed by atoms with Crippen molar-refractivity contribution >= 4 is 16.8 Å². The Balaban J connectivity index is 1.28. The number of rotatable bonds is 7. The van der Waals surface area contributed by atoms with Crippen LogP contribution >= 0.6 is 0 Å². The molecule has 142 valence electrons. The van der Waals surface area contributed by atoms with Crippen LogP contribution in [0, 0.1) is 5.82 Å². The second kappa shape index (κ2) is 8.10. The third-order valence-electron chi connectivity index (χ3n) is 4.51. The van der Waals surface area contributed by atoms with Crippen LogP contribution < -0.4 is 20.9 Å². The number of nitrogens with two attached hydrogens (primary N) is 1. The van der Waals surface area contributed by atoms with E-state index in [0.29, 0.717) is 17.2 Å². The molecule has 0 saturated carbocycles. The number of ether oxygens (including phenoxy) is 1. The number of halogens is 1. The standard InChI is InChI=1S/C22H20FN3O2/c23-17-5-1-15(2-6-17)11-12-25-14-16-3-7-18(8-4-16)27-19-9-10-20-21(13-19)28-26-22(20)24/h1-10,13,25H,11-12,14H2,(H2,24,26)/p+1. The first kappa shape index (κ1) is 18.0. The maximum Gasteiger partial charge on any atom is 0.315 e. The van der Waals surface area contributed by atoms with Crippen molar-refractivity contribution in [2.75, 3.05) is 12.3 Å². The molecule has 0 spiro atoms. The minimum absolute atomic E-state index is 0.203. The molecule has 4 rings (SSSR count). The van der Waals surface area contributed by atoms with Crippen LogP contribution in [0.4, 0.5) is 10.2 Å². The Morgan fingerprint density at radius 1 is 0.929 bits per heavy atom. The van der Waals surface area contributed by atoms with Gasteiger partial charge in [-0.15, -0.1) is 0 Å². The second-order valence-corrected chi connectivity index (χ2v) is 6.58. The van der Waals surface area contributed by atoms with E-state index in [-0.39, 0.29) is 5.82 Å². The highest BCUT2D eigenvalue weighted by Crippen LogP contribution is 2.27. The predicted molar refractivity (Wildman–Crippen MR) is 106 cm³/mol. The maximum absolute atomic E-state index is 12.9. The van der Waals surface area contributed by atoms with Crippen molar-refractivity contribution in [2.45, 2.75) is 13.0 Å². The Morgan fingerprint density at radius 2 is 1.64 bits per heavy atom. The molecule has 5 nitrogen and oxygen atoms in total. The van der Waals surface area contributed by atoms with Gasteiger partial charge in [-0.1, -0.05) is 29.4 Å². The van der Waals surface area contributed by atoms with E-state index >= 15 is 0 Å². The van der Waals surface area contributed by atoms with Crippen LogP contribution in [0.2, 0.25) is 0 Å². The molecule has 0 aliphatic heterocycles. The molecular weight excluding hydrogens is 357 g/mol. The van der Waals surface area contributed by atoms with Crippen molar-refractivity contribution in [3.63, 3.8) is 0 Å². The monoisotopic (exact) mass is 378 g/mol. The molecule has 0 unspecified atom stereocenters. The van der Waals surface area contributed by atoms with Gasteiger partial charge in [-0.2, -0.15) is 0 Å². The minimum atomic E-state index is -0.203. The van der Waals surface area contributed by atoms with Gasteiger partial charge in [0.05, 0.1) is 0 Å². The SMILES string of the molecule is Nc1[nH+]oc2cc(Oc3ccc(CNCCc4ccc(F)cc4)cc3)ccc12. The quantitative estimate of drug-likeness (QED) is 0.475. The molecule has 0 radical (unpaired) electrons. The third kappa shape index (κ3) is 4.29. The normalized spacial score (nSPS) is 11.0. The van der Waals surface area contributed by atoms with Gasteiger partial charge >= 0.3 is 5.82 Å². The van der Waals surface area contributed by atoms with Crippen molar-refractivity contribution < 1.29 is 18.8 Å². The predicted octanol–water partition coefficient (Wildman–Crippen LogP) is 4.09. The first-order valence-electron chi connectivity index (χ1n) is 9.09. The summed E-state index contributed by atoms with van der Waals surface area (Å²) < 4.78 is 24.1. The molecule has 6 heteroatoms. The van der Waals surface area contributed by atoms with Gasteiger partial charge in [-0.25, -0.2) is 4.39 Å². The molecule has 3 aromatic carbocycles. The Hall–Kier alpha value is -3.38. The summed E-state index contributed by atoms with van der Waals surface area (Å²) >= 11 is 0. The van der Waals surface area contributed by atoms with Crippen molar-refractivity contribution in [1.29, 1.82) is 0 Å². The summed E-state index contributed by atoms with van der Waals surface area (Å²) in [5.41, 5.74) is 8.70. The number of benzene rings is 3. The van der Waals surface area contributed by atoms with Crippen LogP contribution in [-0.2, 0) is 13.0 Å². The van der Waals surface area contributed by atoms with Crippen LogP contribution in [0.25, 0.3) is 11.0 Å². The number of anilines is 1. The van der Waals surface area contributed by atoms with E-state index in [1.165, 1.54) is 12.1 Å². The lowest BCUT2D eigenvalue weighted by molar-refractivity contribution is -0.590. The van der Waals surface area contributed by atoms with E-state index in [4.69, 9.17) is 15.0 Å². The van der Waals surface area contributed by atoms with Crippen molar-refractivity contribution in [1.82, 2.24) is 5.32 Å². The van der Waals surface area contributed by atoms with Crippen molar-refractivity contribution in [2.24, 2.45) is 0 Å². The summed E-state index contributed by atoms with van der Waals surface area (Å²) in [5.74, 6) is 1.72. The highest BCUT2D eigenvalue weighted by Gasteiger charge is 2.10. The van der Waals surface area contributed by atoms with Gasteiger partial charge in [0.2, 0.25) is 0 Å². The van der Waals surface area contributed by atoms with Crippen LogP contribution in [-0.4, -0.2) is 6.54 Å². The molecule has 0 bridgehead atoms. The molecule has 4 N–H and O–H groups in total. The van der Waals surface area contributed by atoms with E-state index in [0.717, 1.165) is 41.8 Å². The fraction of sp³-hybridized carbons (Fsp3) is 0.136. The number of hydrogen-bond donors (Lipinski definition) is 2. The summed E-state index contributed by atoms with van der Waals surface area (Å²) in [6.45, 7) is 1.59. The third-order valence-corrected chi connectivity index (χ3v) is 4.51. The van der Waals surface area contributed by atoms with E-state index in [2.05, 4.69) is 10.5 Å². The van der Waals surface area contributed by atoms with Crippen molar-refractivity contribution in [3.05, 3.63) is 83.7 Å². The molecule has 0 atom stereocenters. The lowest BCUT2D eigenvalue weighted by Crippen LogP contribution is -2.16. The number of nitrogen functional groups attached to an aromatic ring is 1. The fourth-order valence-corrected chi connectivity index (χ4v) is 2.97. The highest BCUT2D eigenvalue weighted by atomic mass is 19.1. The van der Waals surface area contributed by atoms with Gasteiger partial charge in [0.15, 0.2) is 5.58 Å². The number of nitrogens with one attached hydrogen (secondary N) is 2. The summed E-state index contributed by atoms with van der Waals surface area (Å²) in [4.78, 5) is 0. The maximum atomic E-state index is 12.9. The summed E-state index contributed by atoms with van der Waals surface area (Å²) in [7, 11) is 0. The van der Waals surface area contributed by atoms with E-state index in [9.17, 15) is 4.39 Å². The first-order valence-corrected chi connectivity index (χ1v) is 9.09. The molecular formula is C22H21FN3O2+. The Morgan fingerprint density at radius 3 is 2.43 bits per heavy atom. The summed E-state index contributed by atoms with van der Waals surface area (Å²) in [5, 5.41) is 6.86. The Bertz CT molecular complexity index is 1060. The number of hydrogen-bond acceptors (Lipinski definition) is 4. The van der Waals surface area contributed by atoms with Crippen molar-refractivity contribution in [3.8, 4) is 11.5 Å². The number of fused-ring (bicyclic) bond motifs is 1. The molecule has 0 saturated heterocycles. The zero-order valence-corrected chi connectivity index (χ0v) is 15.2. The van der Waals surface area contributed by atoms with Gasteiger partial charge in [-0.05, 0) is 60.5 Å². The summed E-state index contributed by atoms with van der Waals surface area (Å²) in [6.07, 6.45) is 0.860. The number of aromatic nitrogens is 1.